The molecule has 1 amide bonds. The van der Waals surface area contributed by atoms with Gasteiger partial charge in [0.05, 0.1) is 24.5 Å². The van der Waals surface area contributed by atoms with Crippen LogP contribution >= 0.6 is 11.8 Å². The third-order valence-electron chi connectivity index (χ3n) is 7.37. The molecule has 0 unspecified atom stereocenters. The Labute approximate surface area is 259 Å². The Morgan fingerprint density at radius 1 is 1.00 bits per heavy atom. The lowest BCUT2D eigenvalue weighted by molar-refractivity contribution is -0.268. The number of esters is 1. The smallest absolute Gasteiger partial charge is 0.303 e. The number of ether oxygens (including phenoxy) is 3. The van der Waals surface area contributed by atoms with Crippen LogP contribution in [0.3, 0.4) is 0 Å². The molecule has 0 saturated carbocycles. The number of carbonyl (C=O) groups excluding carboxylic acids is 2. The molecule has 3 aromatic carbocycles. The van der Waals surface area contributed by atoms with Crippen molar-refractivity contribution < 1.29 is 28.9 Å². The Balaban J connectivity index is 1.31. The molecule has 12 heteroatoms. The zero-order chi connectivity index (χ0) is 31.1. The van der Waals surface area contributed by atoms with E-state index in [2.05, 4.69) is 27.8 Å². The lowest BCUT2D eigenvalue weighted by Gasteiger charge is -2.41. The van der Waals surface area contributed by atoms with E-state index in [1.165, 1.54) is 25.6 Å². The van der Waals surface area contributed by atoms with E-state index in [-0.39, 0.29) is 37.2 Å². The second kappa shape index (κ2) is 14.6. The lowest BCUT2D eigenvalue weighted by atomic mass is 9.91. The van der Waals surface area contributed by atoms with Crippen molar-refractivity contribution >= 4 is 23.6 Å². The summed E-state index contributed by atoms with van der Waals surface area (Å²) in [6, 6.07) is 25.1. The van der Waals surface area contributed by atoms with Crippen LogP contribution in [0, 0.1) is 5.92 Å². The zero-order valence-electron chi connectivity index (χ0n) is 24.7. The van der Waals surface area contributed by atoms with Crippen LogP contribution in [0.4, 0.5) is 0 Å². The minimum Gasteiger partial charge on any atom is -0.453 e. The van der Waals surface area contributed by atoms with Gasteiger partial charge in [-0.15, -0.1) is 5.10 Å². The first-order valence-corrected chi connectivity index (χ1v) is 15.3. The number of nitrogens with one attached hydrogen (secondary N) is 1. The van der Waals surface area contributed by atoms with E-state index in [0.717, 1.165) is 27.9 Å². The number of aromatic nitrogens is 4. The average Bonchev–Trinajstić information content (AvgIpc) is 3.52. The van der Waals surface area contributed by atoms with Crippen molar-refractivity contribution in [2.75, 3.05) is 5.75 Å². The van der Waals surface area contributed by atoms with Crippen molar-refractivity contribution in [3.8, 4) is 5.69 Å². The van der Waals surface area contributed by atoms with Gasteiger partial charge in [0.25, 0.3) is 5.91 Å². The second-order valence-electron chi connectivity index (χ2n) is 10.6. The van der Waals surface area contributed by atoms with E-state index in [0.29, 0.717) is 10.9 Å². The van der Waals surface area contributed by atoms with Gasteiger partial charge in [0.1, 0.15) is 0 Å². The normalized spacial score (nSPS) is 20.5. The number of nitrogens with zero attached hydrogens (tertiary/aromatic N) is 4. The predicted molar refractivity (Wildman–Crippen MR) is 162 cm³/mol. The van der Waals surface area contributed by atoms with Crippen molar-refractivity contribution in [2.45, 2.75) is 63.7 Å². The first-order chi connectivity index (χ1) is 21.3. The number of hydrogen-bond acceptors (Lipinski definition) is 10. The summed E-state index contributed by atoms with van der Waals surface area (Å²) in [4.78, 5) is 23.4. The van der Waals surface area contributed by atoms with E-state index in [1.807, 2.05) is 78.9 Å². The van der Waals surface area contributed by atoms with Crippen LogP contribution in [0.2, 0.25) is 0 Å². The fourth-order valence-electron chi connectivity index (χ4n) is 4.89. The van der Waals surface area contributed by atoms with E-state index in [1.54, 1.807) is 4.68 Å². The SMILES string of the molecule is CC(=O)O[C@@H](C)C(=O)NCc1ccc([C@@H]2O[C@H](CSc3nnnn3-c3ccccc3)[C@H](C)[C@H](c3ccc(CO)cc3)O2)cc1. The maximum Gasteiger partial charge on any atom is 0.303 e. The van der Waals surface area contributed by atoms with Gasteiger partial charge in [0.15, 0.2) is 12.4 Å². The molecule has 0 aliphatic carbocycles. The summed E-state index contributed by atoms with van der Waals surface area (Å²) in [6.45, 7) is 5.16. The second-order valence-corrected chi connectivity index (χ2v) is 11.5. The van der Waals surface area contributed by atoms with Gasteiger partial charge in [0, 0.05) is 30.7 Å². The largest absolute Gasteiger partial charge is 0.453 e. The Hall–Kier alpha value is -4.10. The highest BCUT2D eigenvalue weighted by Gasteiger charge is 2.38. The third kappa shape index (κ3) is 7.69. The molecule has 5 atom stereocenters. The summed E-state index contributed by atoms with van der Waals surface area (Å²) >= 11 is 1.52. The minimum absolute atomic E-state index is 0.00604. The molecule has 2 heterocycles. The molecule has 4 aromatic rings. The molecule has 2 N–H and O–H groups in total. The Kier molecular flexibility index (Phi) is 10.4. The van der Waals surface area contributed by atoms with Crippen molar-refractivity contribution in [3.05, 3.63) is 101 Å². The highest BCUT2D eigenvalue weighted by atomic mass is 32.2. The van der Waals surface area contributed by atoms with Crippen molar-refractivity contribution in [1.82, 2.24) is 25.5 Å². The fourth-order valence-corrected chi connectivity index (χ4v) is 5.95. The molecule has 0 spiro atoms. The van der Waals surface area contributed by atoms with Crippen LogP contribution in [-0.2, 0) is 37.0 Å². The number of carbonyl (C=O) groups is 2. The van der Waals surface area contributed by atoms with Crippen molar-refractivity contribution in [3.63, 3.8) is 0 Å². The van der Waals surface area contributed by atoms with Crippen LogP contribution in [-0.4, -0.2) is 55.2 Å². The molecule has 1 aromatic heterocycles. The number of thioether (sulfide) groups is 1. The van der Waals surface area contributed by atoms with Gasteiger partial charge in [-0.2, -0.15) is 4.68 Å². The minimum atomic E-state index is -0.867. The van der Waals surface area contributed by atoms with Crippen LogP contribution in [0.25, 0.3) is 5.69 Å². The number of aliphatic hydroxyl groups excluding tert-OH is 1. The molecular formula is C32H35N5O6S. The quantitative estimate of drug-likeness (QED) is 0.185. The summed E-state index contributed by atoms with van der Waals surface area (Å²) < 4.78 is 19.8. The number of amides is 1. The van der Waals surface area contributed by atoms with Gasteiger partial charge < -0.3 is 24.6 Å². The number of hydrogen-bond donors (Lipinski definition) is 2. The molecule has 5 rings (SSSR count). The fraction of sp³-hybridized carbons (Fsp3) is 0.344. The molecule has 1 saturated heterocycles. The molecule has 1 fully saturated rings. The van der Waals surface area contributed by atoms with Crippen LogP contribution in [0.1, 0.15) is 55.4 Å². The first kappa shape index (κ1) is 31.3. The Morgan fingerprint density at radius 2 is 1.68 bits per heavy atom. The summed E-state index contributed by atoms with van der Waals surface area (Å²) in [6.07, 6.45) is -1.98. The van der Waals surface area contributed by atoms with Crippen LogP contribution < -0.4 is 5.32 Å². The molecule has 0 radical (unpaired) electrons. The van der Waals surface area contributed by atoms with E-state index >= 15 is 0 Å². The maximum absolute atomic E-state index is 12.2. The van der Waals surface area contributed by atoms with Crippen LogP contribution in [0.5, 0.6) is 0 Å². The molecule has 0 bridgehead atoms. The maximum atomic E-state index is 12.2. The van der Waals surface area contributed by atoms with Crippen molar-refractivity contribution in [2.24, 2.45) is 5.92 Å². The van der Waals surface area contributed by atoms with Gasteiger partial charge in [0.2, 0.25) is 5.16 Å². The van der Waals surface area contributed by atoms with Gasteiger partial charge in [-0.25, -0.2) is 0 Å². The average molecular weight is 618 g/mol. The van der Waals surface area contributed by atoms with Gasteiger partial charge >= 0.3 is 5.97 Å². The standard InChI is InChI=1S/C32H35N5O6S/c1-20-28(19-44-32-34-35-36-37(32)27-7-5-4-6-8-27)42-31(43-29(20)25-13-11-24(18-38)12-14-25)26-15-9-23(10-16-26)17-33-30(40)21(2)41-22(3)39/h4-16,20-21,28-29,31,38H,17-19H2,1-3H3,(H,33,40)/t20-,21-,28+,29+,31+/m0/s1. The van der Waals surface area contributed by atoms with Gasteiger partial charge in [-0.3, -0.25) is 9.59 Å². The molecule has 44 heavy (non-hydrogen) atoms. The monoisotopic (exact) mass is 617 g/mol. The number of rotatable bonds is 11. The highest BCUT2D eigenvalue weighted by molar-refractivity contribution is 7.99. The summed E-state index contributed by atoms with van der Waals surface area (Å²) in [5, 5.41) is 25.3. The van der Waals surface area contributed by atoms with E-state index < -0.39 is 18.4 Å². The topological polar surface area (TPSA) is 138 Å². The highest BCUT2D eigenvalue weighted by Crippen LogP contribution is 2.43. The van der Waals surface area contributed by atoms with E-state index in [9.17, 15) is 14.7 Å². The summed E-state index contributed by atoms with van der Waals surface area (Å²) in [7, 11) is 0. The number of benzene rings is 3. The third-order valence-corrected chi connectivity index (χ3v) is 8.38. The van der Waals surface area contributed by atoms with E-state index in [4.69, 9.17) is 14.2 Å². The molecule has 230 valence electrons. The molecule has 1 aliphatic rings. The number of tetrazole rings is 1. The molecular weight excluding hydrogens is 582 g/mol. The summed E-state index contributed by atoms with van der Waals surface area (Å²) in [5.41, 5.74) is 4.40. The lowest BCUT2D eigenvalue weighted by Crippen LogP contribution is -2.38. The Morgan fingerprint density at radius 3 is 2.36 bits per heavy atom. The number of para-hydroxylation sites is 1. The molecule has 11 nitrogen and oxygen atoms in total. The number of aliphatic hydroxyl groups is 1. The van der Waals surface area contributed by atoms with Gasteiger partial charge in [-0.1, -0.05) is 85.4 Å². The van der Waals surface area contributed by atoms with Gasteiger partial charge in [-0.05, 0) is 46.2 Å². The Bertz CT molecular complexity index is 1530. The van der Waals surface area contributed by atoms with Crippen molar-refractivity contribution in [1.29, 1.82) is 0 Å². The van der Waals surface area contributed by atoms with Crippen LogP contribution in [0.15, 0.2) is 84.0 Å². The molecule has 1 aliphatic heterocycles. The predicted octanol–water partition coefficient (Wildman–Crippen LogP) is 4.31. The first-order valence-electron chi connectivity index (χ1n) is 14.3. The zero-order valence-corrected chi connectivity index (χ0v) is 25.5. The summed E-state index contributed by atoms with van der Waals surface area (Å²) in [5.74, 6) is -0.295.